The third-order valence-corrected chi connectivity index (χ3v) is 4.77. The Labute approximate surface area is 126 Å². The number of morpholine rings is 1. The van der Waals surface area contributed by atoms with Gasteiger partial charge in [-0.15, -0.1) is 0 Å². The van der Waals surface area contributed by atoms with E-state index in [1.165, 1.54) is 0 Å². The Morgan fingerprint density at radius 3 is 2.57 bits per heavy atom. The number of benzene rings is 1. The minimum Gasteiger partial charge on any atom is -0.378 e. The highest BCUT2D eigenvalue weighted by Gasteiger charge is 2.38. The lowest BCUT2D eigenvalue weighted by atomic mass is 9.82. The molecule has 0 radical (unpaired) electrons. The summed E-state index contributed by atoms with van der Waals surface area (Å²) in [7, 11) is 2.16. The molecule has 112 valence electrons. The van der Waals surface area contributed by atoms with Gasteiger partial charge in [-0.05, 0) is 25.5 Å². The van der Waals surface area contributed by atoms with Gasteiger partial charge < -0.3 is 4.74 Å². The van der Waals surface area contributed by atoms with Gasteiger partial charge in [0.15, 0.2) is 0 Å². The fourth-order valence-electron chi connectivity index (χ4n) is 3.40. The molecule has 2 saturated heterocycles. The highest BCUT2D eigenvalue weighted by Crippen LogP contribution is 2.31. The zero-order chi connectivity index (χ0) is 14.7. The SMILES string of the molecule is CN1C2COCC1CC(C(=O)C/C=C/c1ccccc1)C2. The number of allylic oxidation sites excluding steroid dienone is 1. The molecule has 2 aliphatic heterocycles. The number of piperidine rings is 1. The molecule has 0 aliphatic carbocycles. The van der Waals surface area contributed by atoms with Crippen LogP contribution in [-0.4, -0.2) is 43.0 Å². The number of fused-ring (bicyclic) bond motifs is 2. The fourth-order valence-corrected chi connectivity index (χ4v) is 3.40. The molecule has 2 unspecified atom stereocenters. The van der Waals surface area contributed by atoms with Crippen LogP contribution in [0.15, 0.2) is 36.4 Å². The maximum atomic E-state index is 12.4. The number of carbonyl (C=O) groups excluding carboxylic acids is 1. The highest BCUT2D eigenvalue weighted by molar-refractivity contribution is 5.83. The molecule has 0 aromatic heterocycles. The third-order valence-electron chi connectivity index (χ3n) is 4.77. The lowest BCUT2D eigenvalue weighted by Gasteiger charge is -2.46. The monoisotopic (exact) mass is 285 g/mol. The van der Waals surface area contributed by atoms with E-state index in [0.29, 0.717) is 24.3 Å². The Morgan fingerprint density at radius 1 is 1.24 bits per heavy atom. The summed E-state index contributed by atoms with van der Waals surface area (Å²) in [6.45, 7) is 1.55. The van der Waals surface area contributed by atoms with Crippen molar-refractivity contribution in [3.05, 3.63) is 42.0 Å². The van der Waals surface area contributed by atoms with Crippen molar-refractivity contribution >= 4 is 11.9 Å². The van der Waals surface area contributed by atoms with Crippen molar-refractivity contribution in [1.29, 1.82) is 0 Å². The molecular weight excluding hydrogens is 262 g/mol. The average molecular weight is 285 g/mol. The first-order chi connectivity index (χ1) is 10.2. The van der Waals surface area contributed by atoms with Crippen LogP contribution in [0.3, 0.4) is 0 Å². The maximum Gasteiger partial charge on any atom is 0.139 e. The predicted molar refractivity (Wildman–Crippen MR) is 84.0 cm³/mol. The number of ether oxygens (including phenoxy) is 1. The van der Waals surface area contributed by atoms with Gasteiger partial charge in [-0.3, -0.25) is 9.69 Å². The lowest BCUT2D eigenvalue weighted by Crippen LogP contribution is -2.55. The molecule has 0 spiro atoms. The first-order valence-electron chi connectivity index (χ1n) is 7.78. The lowest BCUT2D eigenvalue weighted by molar-refractivity contribution is -0.130. The first kappa shape index (κ1) is 14.5. The van der Waals surface area contributed by atoms with Crippen LogP contribution in [0.5, 0.6) is 0 Å². The minimum atomic E-state index is 0.209. The van der Waals surface area contributed by atoms with Crippen molar-refractivity contribution in [2.45, 2.75) is 31.3 Å². The van der Waals surface area contributed by atoms with Gasteiger partial charge in [0.2, 0.25) is 0 Å². The van der Waals surface area contributed by atoms with Crippen LogP contribution < -0.4 is 0 Å². The largest absolute Gasteiger partial charge is 0.378 e. The number of hydrogen-bond acceptors (Lipinski definition) is 3. The summed E-state index contributed by atoms with van der Waals surface area (Å²) in [5.41, 5.74) is 1.15. The van der Waals surface area contributed by atoms with Crippen molar-refractivity contribution in [3.8, 4) is 0 Å². The highest BCUT2D eigenvalue weighted by atomic mass is 16.5. The molecule has 3 nitrogen and oxygen atoms in total. The van der Waals surface area contributed by atoms with E-state index in [4.69, 9.17) is 4.74 Å². The van der Waals surface area contributed by atoms with Gasteiger partial charge in [0, 0.05) is 24.4 Å². The second-order valence-electron chi connectivity index (χ2n) is 6.16. The molecule has 1 aromatic rings. The maximum absolute atomic E-state index is 12.4. The average Bonchev–Trinajstić information content (AvgIpc) is 2.48. The number of ketones is 1. The number of likely N-dealkylation sites (N-methyl/N-ethyl adjacent to an activating group) is 1. The molecule has 2 bridgehead atoms. The quantitative estimate of drug-likeness (QED) is 0.852. The van der Waals surface area contributed by atoms with Crippen LogP contribution in [0.1, 0.15) is 24.8 Å². The molecule has 2 heterocycles. The van der Waals surface area contributed by atoms with E-state index in [1.54, 1.807) is 0 Å². The molecule has 2 aliphatic rings. The number of Topliss-reactive ketones (excluding diaryl/α,β-unsaturated/α-hetero) is 1. The van der Waals surface area contributed by atoms with Crippen molar-refractivity contribution in [2.75, 3.05) is 20.3 Å². The number of nitrogens with zero attached hydrogens (tertiary/aromatic N) is 1. The topological polar surface area (TPSA) is 29.5 Å². The van der Waals surface area contributed by atoms with Crippen LogP contribution >= 0.6 is 0 Å². The smallest absolute Gasteiger partial charge is 0.139 e. The molecule has 1 aromatic carbocycles. The summed E-state index contributed by atoms with van der Waals surface area (Å²) in [5, 5.41) is 0. The Kier molecular flexibility index (Phi) is 4.51. The van der Waals surface area contributed by atoms with Gasteiger partial charge in [-0.1, -0.05) is 42.5 Å². The van der Waals surface area contributed by atoms with E-state index in [0.717, 1.165) is 31.6 Å². The summed E-state index contributed by atoms with van der Waals surface area (Å²) >= 11 is 0. The van der Waals surface area contributed by atoms with Gasteiger partial charge >= 0.3 is 0 Å². The Bertz CT molecular complexity index is 497. The zero-order valence-corrected chi connectivity index (χ0v) is 12.6. The van der Waals surface area contributed by atoms with Crippen LogP contribution in [0.25, 0.3) is 6.08 Å². The van der Waals surface area contributed by atoms with E-state index in [-0.39, 0.29) is 5.92 Å². The van der Waals surface area contributed by atoms with Crippen LogP contribution in [0, 0.1) is 5.92 Å². The van der Waals surface area contributed by atoms with E-state index < -0.39 is 0 Å². The molecule has 0 amide bonds. The first-order valence-corrected chi connectivity index (χ1v) is 7.78. The number of rotatable bonds is 4. The van der Waals surface area contributed by atoms with E-state index in [9.17, 15) is 4.79 Å². The van der Waals surface area contributed by atoms with Crippen molar-refractivity contribution in [3.63, 3.8) is 0 Å². The third kappa shape index (κ3) is 3.42. The molecular formula is C18H23NO2. The molecule has 0 N–H and O–H groups in total. The molecule has 2 fully saturated rings. The molecule has 2 atom stereocenters. The summed E-state index contributed by atoms with van der Waals surface area (Å²) in [6.07, 6.45) is 6.48. The summed E-state index contributed by atoms with van der Waals surface area (Å²) in [5.74, 6) is 0.590. The molecule has 3 rings (SSSR count). The molecule has 0 saturated carbocycles. The van der Waals surface area contributed by atoms with E-state index >= 15 is 0 Å². The van der Waals surface area contributed by atoms with Gasteiger partial charge in [0.1, 0.15) is 5.78 Å². The summed E-state index contributed by atoms with van der Waals surface area (Å²) in [4.78, 5) is 14.8. The predicted octanol–water partition coefficient (Wildman–Crippen LogP) is 2.77. The second-order valence-corrected chi connectivity index (χ2v) is 6.16. The second kappa shape index (κ2) is 6.54. The van der Waals surface area contributed by atoms with Crippen LogP contribution in [0.4, 0.5) is 0 Å². The molecule has 21 heavy (non-hydrogen) atoms. The van der Waals surface area contributed by atoms with Gasteiger partial charge in [0.05, 0.1) is 13.2 Å². The number of hydrogen-bond donors (Lipinski definition) is 0. The Morgan fingerprint density at radius 2 is 1.90 bits per heavy atom. The van der Waals surface area contributed by atoms with Gasteiger partial charge in [0.25, 0.3) is 0 Å². The molecule has 3 heteroatoms. The fraction of sp³-hybridized carbons (Fsp3) is 0.500. The number of carbonyl (C=O) groups is 1. The van der Waals surface area contributed by atoms with Gasteiger partial charge in [-0.2, -0.15) is 0 Å². The minimum absolute atomic E-state index is 0.209. The van der Waals surface area contributed by atoms with Crippen molar-refractivity contribution in [1.82, 2.24) is 4.90 Å². The van der Waals surface area contributed by atoms with E-state index in [2.05, 4.69) is 24.1 Å². The standard InChI is InChI=1S/C18H23NO2/c1-19-16-10-15(11-17(19)13-21-12-16)18(20)9-5-8-14-6-3-2-4-7-14/h2-8,15-17H,9-13H2,1H3/b8-5+. The Hall–Kier alpha value is -1.45. The van der Waals surface area contributed by atoms with E-state index in [1.807, 2.05) is 30.4 Å². The summed E-state index contributed by atoms with van der Waals surface area (Å²) in [6, 6.07) is 11.0. The van der Waals surface area contributed by atoms with Crippen molar-refractivity contribution in [2.24, 2.45) is 5.92 Å². The Balaban J connectivity index is 1.55. The van der Waals surface area contributed by atoms with Gasteiger partial charge in [-0.25, -0.2) is 0 Å². The van der Waals surface area contributed by atoms with Crippen LogP contribution in [-0.2, 0) is 9.53 Å². The van der Waals surface area contributed by atoms with Crippen molar-refractivity contribution < 1.29 is 9.53 Å². The zero-order valence-electron chi connectivity index (χ0n) is 12.6. The summed E-state index contributed by atoms with van der Waals surface area (Å²) < 4.78 is 5.61. The normalized spacial score (nSPS) is 29.7. The van der Waals surface area contributed by atoms with Crippen LogP contribution in [0.2, 0.25) is 0 Å².